The average molecular weight is 577 g/mol. The molecule has 1 amide bonds. The lowest BCUT2D eigenvalue weighted by atomic mass is 10.0. The molecule has 5 rings (SSSR count). The molecule has 2 aromatic carbocycles. The lowest BCUT2D eigenvalue weighted by molar-refractivity contribution is -0.275. The van der Waals surface area contributed by atoms with E-state index in [0.717, 1.165) is 23.8 Å². The molecule has 40 heavy (non-hydrogen) atoms. The number of pyridine rings is 1. The van der Waals surface area contributed by atoms with E-state index in [1.54, 1.807) is 12.1 Å². The van der Waals surface area contributed by atoms with Gasteiger partial charge in [-0.2, -0.15) is 4.39 Å². The maximum atomic E-state index is 14.7. The summed E-state index contributed by atoms with van der Waals surface area (Å²) >= 11 is 5.93. The van der Waals surface area contributed by atoms with Crippen molar-refractivity contribution in [3.63, 3.8) is 0 Å². The zero-order chi connectivity index (χ0) is 28.4. The van der Waals surface area contributed by atoms with Crippen LogP contribution in [0.3, 0.4) is 0 Å². The van der Waals surface area contributed by atoms with Crippen molar-refractivity contribution in [1.82, 2.24) is 19.8 Å². The SMILES string of the molecule is O=C(NCc1ccnc(F)c1)n1c2c(c3cc(F)c(OC(F)(F)F)cc31)CN(C/C=C/c1ccc(Cl)cc1)CC2. The number of amides is 1. The van der Waals surface area contributed by atoms with Crippen LogP contribution in [0.5, 0.6) is 5.75 Å². The van der Waals surface area contributed by atoms with Crippen LogP contribution in [0, 0.1) is 11.8 Å². The van der Waals surface area contributed by atoms with Crippen LogP contribution in [-0.2, 0) is 19.5 Å². The number of carbonyl (C=O) groups is 1. The first-order chi connectivity index (χ1) is 19.1. The summed E-state index contributed by atoms with van der Waals surface area (Å²) in [5.41, 5.74) is 2.65. The number of halogens is 6. The van der Waals surface area contributed by atoms with Crippen molar-refractivity contribution in [2.24, 2.45) is 0 Å². The van der Waals surface area contributed by atoms with Gasteiger partial charge in [0.05, 0.1) is 5.52 Å². The number of hydrogen-bond acceptors (Lipinski definition) is 4. The van der Waals surface area contributed by atoms with Gasteiger partial charge in [-0.25, -0.2) is 14.2 Å². The van der Waals surface area contributed by atoms with Gasteiger partial charge >= 0.3 is 12.4 Å². The third kappa shape index (κ3) is 6.26. The number of carbonyl (C=O) groups excluding carboxylic acids is 1. The quantitative estimate of drug-likeness (QED) is 0.205. The van der Waals surface area contributed by atoms with Gasteiger partial charge in [0.1, 0.15) is 0 Å². The Morgan fingerprint density at radius 2 is 1.90 bits per heavy atom. The fraction of sp³-hybridized carbons (Fsp3) is 0.214. The maximum Gasteiger partial charge on any atom is 0.573 e. The monoisotopic (exact) mass is 576 g/mol. The number of rotatable bonds is 6. The molecular formula is C28H22ClF5N4O2. The van der Waals surface area contributed by atoms with E-state index in [9.17, 15) is 26.7 Å². The van der Waals surface area contributed by atoms with Gasteiger partial charge in [-0.15, -0.1) is 13.2 Å². The van der Waals surface area contributed by atoms with Crippen LogP contribution >= 0.6 is 11.6 Å². The Morgan fingerprint density at radius 1 is 1.12 bits per heavy atom. The van der Waals surface area contributed by atoms with E-state index in [0.29, 0.717) is 53.3 Å². The number of aromatic nitrogens is 2. The van der Waals surface area contributed by atoms with E-state index in [1.165, 1.54) is 16.8 Å². The summed E-state index contributed by atoms with van der Waals surface area (Å²) in [5, 5.41) is 3.59. The Morgan fingerprint density at radius 3 is 2.62 bits per heavy atom. The van der Waals surface area contributed by atoms with E-state index in [2.05, 4.69) is 19.9 Å². The summed E-state index contributed by atoms with van der Waals surface area (Å²) in [6, 6.07) is 11.2. The molecule has 208 valence electrons. The zero-order valence-corrected chi connectivity index (χ0v) is 21.6. The third-order valence-corrected chi connectivity index (χ3v) is 6.74. The molecule has 0 saturated heterocycles. The number of benzene rings is 2. The lowest BCUT2D eigenvalue weighted by Crippen LogP contribution is -2.34. The van der Waals surface area contributed by atoms with E-state index in [1.807, 2.05) is 24.3 Å². The van der Waals surface area contributed by atoms with Crippen molar-refractivity contribution in [1.29, 1.82) is 0 Å². The molecule has 0 saturated carbocycles. The second-order valence-corrected chi connectivity index (χ2v) is 9.63. The third-order valence-electron chi connectivity index (χ3n) is 6.49. The molecule has 6 nitrogen and oxygen atoms in total. The first-order valence-electron chi connectivity index (χ1n) is 12.2. The minimum absolute atomic E-state index is 0.0541. The molecule has 0 bridgehead atoms. The average Bonchev–Trinajstić information content (AvgIpc) is 3.20. The summed E-state index contributed by atoms with van der Waals surface area (Å²) < 4.78 is 72.1. The second-order valence-electron chi connectivity index (χ2n) is 9.19. The molecule has 1 N–H and O–H groups in total. The van der Waals surface area contributed by atoms with Crippen molar-refractivity contribution in [3.8, 4) is 5.75 Å². The molecule has 12 heteroatoms. The number of alkyl halides is 3. The highest BCUT2D eigenvalue weighted by molar-refractivity contribution is 6.30. The number of nitrogens with one attached hydrogen (secondary N) is 1. The normalized spacial score (nSPS) is 14.1. The minimum Gasteiger partial charge on any atom is -0.403 e. The van der Waals surface area contributed by atoms with E-state index in [-0.39, 0.29) is 12.1 Å². The molecule has 1 aliphatic rings. The van der Waals surface area contributed by atoms with Crippen molar-refractivity contribution in [2.75, 3.05) is 13.1 Å². The number of hydrogen-bond donors (Lipinski definition) is 1. The molecule has 1 aliphatic heterocycles. The summed E-state index contributed by atoms with van der Waals surface area (Å²) in [5.74, 6) is -2.95. The molecule has 4 aromatic rings. The van der Waals surface area contributed by atoms with Gasteiger partial charge in [0, 0.05) is 61.0 Å². The zero-order valence-electron chi connectivity index (χ0n) is 20.8. The lowest BCUT2D eigenvalue weighted by Gasteiger charge is -2.27. The molecule has 3 heterocycles. The fourth-order valence-electron chi connectivity index (χ4n) is 4.72. The summed E-state index contributed by atoms with van der Waals surface area (Å²) in [4.78, 5) is 18.9. The highest BCUT2D eigenvalue weighted by Crippen LogP contribution is 2.36. The fourth-order valence-corrected chi connectivity index (χ4v) is 4.85. The largest absolute Gasteiger partial charge is 0.573 e. The second kappa shape index (κ2) is 11.3. The number of fused-ring (bicyclic) bond motifs is 3. The van der Waals surface area contributed by atoms with Gasteiger partial charge in [-0.3, -0.25) is 9.47 Å². The minimum atomic E-state index is -5.12. The smallest absolute Gasteiger partial charge is 0.403 e. The Balaban J connectivity index is 1.45. The first-order valence-corrected chi connectivity index (χ1v) is 12.6. The van der Waals surface area contributed by atoms with Gasteiger partial charge < -0.3 is 10.1 Å². The summed E-state index contributed by atoms with van der Waals surface area (Å²) in [7, 11) is 0. The molecule has 0 aliphatic carbocycles. The number of ether oxygens (including phenoxy) is 1. The van der Waals surface area contributed by atoms with Gasteiger partial charge in [0.15, 0.2) is 11.6 Å². The van der Waals surface area contributed by atoms with Crippen LogP contribution in [0.1, 0.15) is 22.4 Å². The molecule has 0 fully saturated rings. The highest BCUT2D eigenvalue weighted by Gasteiger charge is 2.34. The maximum absolute atomic E-state index is 14.7. The Hall–Kier alpha value is -3.96. The molecule has 0 atom stereocenters. The molecule has 0 radical (unpaired) electrons. The molecule has 2 aromatic heterocycles. The van der Waals surface area contributed by atoms with Gasteiger partial charge in [-0.1, -0.05) is 35.9 Å². The van der Waals surface area contributed by atoms with Crippen LogP contribution < -0.4 is 10.1 Å². The molecule has 0 spiro atoms. The Labute approximate surface area is 230 Å². The first kappa shape index (κ1) is 27.6. The topological polar surface area (TPSA) is 59.4 Å². The Bertz CT molecular complexity index is 1580. The van der Waals surface area contributed by atoms with E-state index >= 15 is 0 Å². The molecular weight excluding hydrogens is 555 g/mol. The summed E-state index contributed by atoms with van der Waals surface area (Å²) in [6.45, 7) is 1.38. The summed E-state index contributed by atoms with van der Waals surface area (Å²) in [6.07, 6.45) is 0.414. The molecule has 0 unspecified atom stereocenters. The van der Waals surface area contributed by atoms with Crippen LogP contribution in [-0.4, -0.2) is 39.9 Å². The van der Waals surface area contributed by atoms with Crippen molar-refractivity contribution in [3.05, 3.63) is 100.0 Å². The van der Waals surface area contributed by atoms with Crippen LogP contribution in [0.15, 0.2) is 60.8 Å². The van der Waals surface area contributed by atoms with Gasteiger partial charge in [0.25, 0.3) is 0 Å². The predicted molar refractivity (Wildman–Crippen MR) is 140 cm³/mol. The van der Waals surface area contributed by atoms with E-state index < -0.39 is 29.9 Å². The van der Waals surface area contributed by atoms with Crippen molar-refractivity contribution >= 4 is 34.6 Å². The standard InChI is InChI=1S/C28H22ClF5N4O2/c29-19-5-3-17(4-6-19)2-1-10-37-11-8-23-21(16-37)20-13-22(30)25(40-28(32,33)34)14-24(20)38(23)27(39)36-15-18-7-9-35-26(31)12-18/h1-7,9,12-14H,8,10-11,15-16H2,(H,36,39)/b2-1+. The van der Waals surface area contributed by atoms with Crippen molar-refractivity contribution in [2.45, 2.75) is 25.9 Å². The van der Waals surface area contributed by atoms with Crippen LogP contribution in [0.25, 0.3) is 17.0 Å². The van der Waals surface area contributed by atoms with Crippen LogP contribution in [0.2, 0.25) is 5.02 Å². The van der Waals surface area contributed by atoms with Crippen LogP contribution in [0.4, 0.5) is 26.7 Å². The van der Waals surface area contributed by atoms with E-state index in [4.69, 9.17) is 11.6 Å². The van der Waals surface area contributed by atoms with Gasteiger partial charge in [-0.05, 0) is 47.0 Å². The highest BCUT2D eigenvalue weighted by atomic mass is 35.5. The number of nitrogens with zero attached hydrogens (tertiary/aromatic N) is 3. The van der Waals surface area contributed by atoms with Gasteiger partial charge in [0.2, 0.25) is 5.95 Å². The predicted octanol–water partition coefficient (Wildman–Crippen LogP) is 6.70. The Kier molecular flexibility index (Phi) is 7.77. The van der Waals surface area contributed by atoms with Crippen molar-refractivity contribution < 1.29 is 31.5 Å².